The molecule has 0 aliphatic carbocycles. The van der Waals surface area contributed by atoms with Crippen molar-refractivity contribution in [3.05, 3.63) is 59.7 Å². The third-order valence-corrected chi connectivity index (χ3v) is 3.63. The molecule has 0 aromatic heterocycles. The first-order valence-electron chi connectivity index (χ1n) is 6.04. The minimum absolute atomic E-state index is 0.245. The monoisotopic (exact) mass is 311 g/mol. The quantitative estimate of drug-likeness (QED) is 0.834. The standard InChI is InChI=1S/C15H12F3NOS/c1-21-13-9-5-2-6-10(13)14(20)19-12-8-4-3-7-11(12)15(16,17)18/h2-9H,1H3,(H,19,20). The molecule has 6 heteroatoms. The molecule has 0 aliphatic rings. The van der Waals surface area contributed by atoms with E-state index in [4.69, 9.17) is 0 Å². The van der Waals surface area contributed by atoms with Crippen molar-refractivity contribution in [2.45, 2.75) is 11.1 Å². The maximum absolute atomic E-state index is 12.9. The van der Waals surface area contributed by atoms with E-state index in [1.54, 1.807) is 30.5 Å². The predicted molar refractivity (Wildman–Crippen MR) is 77.6 cm³/mol. The highest BCUT2D eigenvalue weighted by Crippen LogP contribution is 2.35. The largest absolute Gasteiger partial charge is 0.418 e. The molecular weight excluding hydrogens is 299 g/mol. The van der Waals surface area contributed by atoms with Gasteiger partial charge in [0.05, 0.1) is 16.8 Å². The van der Waals surface area contributed by atoms with Crippen molar-refractivity contribution in [2.75, 3.05) is 11.6 Å². The Hall–Kier alpha value is -1.95. The van der Waals surface area contributed by atoms with Gasteiger partial charge in [-0.25, -0.2) is 0 Å². The number of alkyl halides is 3. The van der Waals surface area contributed by atoms with E-state index >= 15 is 0 Å². The van der Waals surface area contributed by atoms with E-state index in [2.05, 4.69) is 5.32 Å². The van der Waals surface area contributed by atoms with E-state index in [-0.39, 0.29) is 5.69 Å². The number of hydrogen-bond donors (Lipinski definition) is 1. The molecule has 21 heavy (non-hydrogen) atoms. The van der Waals surface area contributed by atoms with Crippen LogP contribution < -0.4 is 5.32 Å². The highest BCUT2D eigenvalue weighted by atomic mass is 32.2. The van der Waals surface area contributed by atoms with Crippen molar-refractivity contribution in [1.29, 1.82) is 0 Å². The van der Waals surface area contributed by atoms with Gasteiger partial charge in [-0.3, -0.25) is 4.79 Å². The molecule has 1 N–H and O–H groups in total. The molecule has 0 atom stereocenters. The number of anilines is 1. The number of amides is 1. The Morgan fingerprint density at radius 3 is 2.33 bits per heavy atom. The zero-order valence-electron chi connectivity index (χ0n) is 11.1. The summed E-state index contributed by atoms with van der Waals surface area (Å²) in [6.07, 6.45) is -2.71. The van der Waals surface area contributed by atoms with Crippen molar-refractivity contribution in [2.24, 2.45) is 0 Å². The second-order valence-corrected chi connectivity index (χ2v) is 5.05. The lowest BCUT2D eigenvalue weighted by Gasteiger charge is -2.14. The average molecular weight is 311 g/mol. The average Bonchev–Trinajstić information content (AvgIpc) is 2.46. The lowest BCUT2D eigenvalue weighted by atomic mass is 10.1. The Balaban J connectivity index is 2.33. The van der Waals surface area contributed by atoms with Gasteiger partial charge in [0, 0.05) is 4.90 Å². The minimum atomic E-state index is -4.51. The molecule has 0 radical (unpaired) electrons. The van der Waals surface area contributed by atoms with E-state index in [1.165, 1.54) is 30.0 Å². The van der Waals surface area contributed by atoms with E-state index in [0.29, 0.717) is 10.5 Å². The van der Waals surface area contributed by atoms with E-state index in [9.17, 15) is 18.0 Å². The fourth-order valence-corrected chi connectivity index (χ4v) is 2.46. The molecule has 2 aromatic carbocycles. The van der Waals surface area contributed by atoms with E-state index in [1.807, 2.05) is 0 Å². The molecule has 0 fully saturated rings. The Labute approximate surface area is 124 Å². The molecular formula is C15H12F3NOS. The first kappa shape index (κ1) is 15.4. The van der Waals surface area contributed by atoms with Gasteiger partial charge in [0.15, 0.2) is 0 Å². The molecule has 2 aromatic rings. The fraction of sp³-hybridized carbons (Fsp3) is 0.133. The van der Waals surface area contributed by atoms with Gasteiger partial charge in [-0.2, -0.15) is 13.2 Å². The summed E-state index contributed by atoms with van der Waals surface area (Å²) >= 11 is 1.36. The van der Waals surface area contributed by atoms with Crippen LogP contribution in [0, 0.1) is 0 Å². The van der Waals surface area contributed by atoms with Crippen LogP contribution in [-0.2, 0) is 6.18 Å². The van der Waals surface area contributed by atoms with Crippen LogP contribution in [0.4, 0.5) is 18.9 Å². The summed E-state index contributed by atoms with van der Waals surface area (Å²) in [6.45, 7) is 0. The van der Waals surface area contributed by atoms with Crippen LogP contribution in [0.2, 0.25) is 0 Å². The van der Waals surface area contributed by atoms with E-state index < -0.39 is 17.6 Å². The Kier molecular flexibility index (Phi) is 4.57. The topological polar surface area (TPSA) is 29.1 Å². The van der Waals surface area contributed by atoms with Gasteiger partial charge in [-0.15, -0.1) is 11.8 Å². The van der Waals surface area contributed by atoms with Gasteiger partial charge in [0.25, 0.3) is 5.91 Å². The number of rotatable bonds is 3. The van der Waals surface area contributed by atoms with Crippen LogP contribution >= 0.6 is 11.8 Å². The molecule has 2 rings (SSSR count). The molecule has 0 unspecified atom stereocenters. The number of nitrogens with one attached hydrogen (secondary N) is 1. The third-order valence-electron chi connectivity index (χ3n) is 2.83. The molecule has 0 saturated heterocycles. The van der Waals surface area contributed by atoms with Crippen LogP contribution in [-0.4, -0.2) is 12.2 Å². The van der Waals surface area contributed by atoms with Gasteiger partial charge >= 0.3 is 6.18 Å². The van der Waals surface area contributed by atoms with Crippen LogP contribution in [0.15, 0.2) is 53.4 Å². The fourth-order valence-electron chi connectivity index (χ4n) is 1.86. The van der Waals surface area contributed by atoms with Gasteiger partial charge in [0.2, 0.25) is 0 Å². The first-order valence-corrected chi connectivity index (χ1v) is 7.26. The van der Waals surface area contributed by atoms with Crippen LogP contribution in [0.25, 0.3) is 0 Å². The highest BCUT2D eigenvalue weighted by Gasteiger charge is 2.33. The van der Waals surface area contributed by atoms with Crippen LogP contribution in [0.1, 0.15) is 15.9 Å². The number of thioether (sulfide) groups is 1. The maximum atomic E-state index is 12.9. The molecule has 1 amide bonds. The number of benzene rings is 2. The normalized spacial score (nSPS) is 11.2. The summed E-state index contributed by atoms with van der Waals surface area (Å²) in [5.41, 5.74) is -0.757. The lowest BCUT2D eigenvalue weighted by Crippen LogP contribution is -2.17. The van der Waals surface area contributed by atoms with Gasteiger partial charge in [-0.05, 0) is 30.5 Å². The molecule has 110 valence electrons. The van der Waals surface area contributed by atoms with Gasteiger partial charge < -0.3 is 5.32 Å². The van der Waals surface area contributed by atoms with Crippen LogP contribution in [0.5, 0.6) is 0 Å². The Morgan fingerprint density at radius 1 is 1.05 bits per heavy atom. The summed E-state index contributed by atoms with van der Waals surface area (Å²) in [4.78, 5) is 12.9. The van der Waals surface area contributed by atoms with Crippen molar-refractivity contribution >= 4 is 23.4 Å². The smallest absolute Gasteiger partial charge is 0.321 e. The van der Waals surface area contributed by atoms with E-state index in [0.717, 1.165) is 6.07 Å². The Morgan fingerprint density at radius 2 is 1.67 bits per heavy atom. The van der Waals surface area contributed by atoms with Crippen molar-refractivity contribution in [1.82, 2.24) is 0 Å². The zero-order valence-corrected chi connectivity index (χ0v) is 11.9. The number of para-hydroxylation sites is 1. The summed E-state index contributed by atoms with van der Waals surface area (Å²) in [5.74, 6) is -0.559. The second kappa shape index (κ2) is 6.22. The molecule has 2 nitrogen and oxygen atoms in total. The molecule has 0 saturated carbocycles. The SMILES string of the molecule is CSc1ccccc1C(=O)Nc1ccccc1C(F)(F)F. The van der Waals surface area contributed by atoms with Crippen molar-refractivity contribution in [3.63, 3.8) is 0 Å². The number of halogens is 3. The Bertz CT molecular complexity index is 655. The van der Waals surface area contributed by atoms with Gasteiger partial charge in [-0.1, -0.05) is 24.3 Å². The first-order chi connectivity index (χ1) is 9.93. The zero-order chi connectivity index (χ0) is 15.5. The molecule has 0 aliphatic heterocycles. The third kappa shape index (κ3) is 3.58. The molecule has 0 heterocycles. The summed E-state index contributed by atoms with van der Waals surface area (Å²) in [5, 5.41) is 2.34. The van der Waals surface area contributed by atoms with Gasteiger partial charge in [0.1, 0.15) is 0 Å². The molecule has 0 bridgehead atoms. The van der Waals surface area contributed by atoms with Crippen molar-refractivity contribution in [3.8, 4) is 0 Å². The number of carbonyl (C=O) groups excluding carboxylic acids is 1. The lowest BCUT2D eigenvalue weighted by molar-refractivity contribution is -0.136. The number of hydrogen-bond acceptors (Lipinski definition) is 2. The maximum Gasteiger partial charge on any atom is 0.418 e. The summed E-state index contributed by atoms with van der Waals surface area (Å²) < 4.78 is 38.7. The highest BCUT2D eigenvalue weighted by molar-refractivity contribution is 7.98. The predicted octanol–water partition coefficient (Wildman–Crippen LogP) is 4.68. The van der Waals surface area contributed by atoms with Crippen molar-refractivity contribution < 1.29 is 18.0 Å². The minimum Gasteiger partial charge on any atom is -0.321 e. The summed E-state index contributed by atoms with van der Waals surface area (Å²) in [6, 6.07) is 11.7. The molecule has 0 spiro atoms. The second-order valence-electron chi connectivity index (χ2n) is 4.20. The summed E-state index contributed by atoms with van der Waals surface area (Å²) in [7, 11) is 0. The number of carbonyl (C=O) groups is 1. The van der Waals surface area contributed by atoms with Crippen LogP contribution in [0.3, 0.4) is 0 Å².